The van der Waals surface area contributed by atoms with Crippen molar-refractivity contribution >= 4 is 11.8 Å². The second-order valence-corrected chi connectivity index (χ2v) is 8.48. The van der Waals surface area contributed by atoms with Crippen LogP contribution in [0.2, 0.25) is 0 Å². The fraction of sp³-hybridized carbons (Fsp3) is 0.440. The smallest absolute Gasteiger partial charge is 0.254 e. The van der Waals surface area contributed by atoms with E-state index in [2.05, 4.69) is 19.2 Å². The summed E-state index contributed by atoms with van der Waals surface area (Å²) in [6.07, 6.45) is 0. The lowest BCUT2D eigenvalue weighted by molar-refractivity contribution is -0.125. The number of rotatable bonds is 7. The molecule has 0 bridgehead atoms. The van der Waals surface area contributed by atoms with Crippen LogP contribution < -0.4 is 14.8 Å². The largest absolute Gasteiger partial charge is 0.497 e. The maximum Gasteiger partial charge on any atom is 0.254 e. The Bertz CT molecular complexity index is 941. The molecule has 1 aliphatic rings. The van der Waals surface area contributed by atoms with Gasteiger partial charge in [-0.3, -0.25) is 9.59 Å². The predicted octanol–water partition coefficient (Wildman–Crippen LogP) is 3.64. The van der Waals surface area contributed by atoms with Crippen molar-refractivity contribution in [3.8, 4) is 11.5 Å². The van der Waals surface area contributed by atoms with Crippen molar-refractivity contribution in [2.45, 2.75) is 26.7 Å². The van der Waals surface area contributed by atoms with Gasteiger partial charge < -0.3 is 19.7 Å². The van der Waals surface area contributed by atoms with Gasteiger partial charge in [0.1, 0.15) is 11.5 Å². The Morgan fingerprint density at radius 3 is 2.48 bits per heavy atom. The molecule has 3 rings (SSSR count). The molecule has 0 saturated carbocycles. The third kappa shape index (κ3) is 5.01. The third-order valence-corrected chi connectivity index (χ3v) is 5.84. The number of carbonyl (C=O) groups is 2. The van der Waals surface area contributed by atoms with Crippen LogP contribution in [0.1, 0.15) is 41.3 Å². The van der Waals surface area contributed by atoms with E-state index in [1.165, 1.54) is 0 Å². The molecule has 2 aromatic rings. The maximum atomic E-state index is 13.3. The standard InChI is InChI=1S/C25H32N2O4/c1-16(2)13-26-24(28)22-15-27(25(29)19-9-7-6-8-17(19)3)14-21(22)20-11-10-18(30-4)12-23(20)31-5/h6-12,16,21-22H,13-15H2,1-5H3,(H,26,28)/t21-,22-/m0/s1. The molecule has 1 aliphatic heterocycles. The monoisotopic (exact) mass is 424 g/mol. The summed E-state index contributed by atoms with van der Waals surface area (Å²) in [5, 5.41) is 3.05. The molecule has 6 nitrogen and oxygen atoms in total. The van der Waals surface area contributed by atoms with E-state index in [1.807, 2.05) is 49.4 Å². The van der Waals surface area contributed by atoms with E-state index in [0.29, 0.717) is 42.6 Å². The number of ether oxygens (including phenoxy) is 2. The van der Waals surface area contributed by atoms with Crippen molar-refractivity contribution < 1.29 is 19.1 Å². The number of nitrogens with zero attached hydrogens (tertiary/aromatic N) is 1. The number of amides is 2. The molecular formula is C25H32N2O4. The zero-order valence-corrected chi connectivity index (χ0v) is 19.0. The van der Waals surface area contributed by atoms with Crippen molar-refractivity contribution in [3.63, 3.8) is 0 Å². The molecule has 6 heteroatoms. The first-order chi connectivity index (χ1) is 14.8. The number of methoxy groups -OCH3 is 2. The lowest BCUT2D eigenvalue weighted by Gasteiger charge is -2.21. The second-order valence-electron chi connectivity index (χ2n) is 8.48. The Morgan fingerprint density at radius 1 is 1.10 bits per heavy atom. The highest BCUT2D eigenvalue weighted by Gasteiger charge is 2.42. The quantitative estimate of drug-likeness (QED) is 0.737. The minimum atomic E-state index is -0.353. The van der Waals surface area contributed by atoms with Gasteiger partial charge in [-0.25, -0.2) is 0 Å². The molecule has 1 heterocycles. The maximum absolute atomic E-state index is 13.3. The van der Waals surface area contributed by atoms with Crippen molar-refractivity contribution in [2.75, 3.05) is 33.9 Å². The highest BCUT2D eigenvalue weighted by molar-refractivity contribution is 5.96. The van der Waals surface area contributed by atoms with E-state index >= 15 is 0 Å². The normalized spacial score (nSPS) is 18.2. The lowest BCUT2D eigenvalue weighted by atomic mass is 9.87. The second kappa shape index (κ2) is 9.86. The summed E-state index contributed by atoms with van der Waals surface area (Å²) in [6, 6.07) is 13.2. The molecule has 1 saturated heterocycles. The Labute approximate surface area is 184 Å². The Kier molecular flexibility index (Phi) is 7.21. The van der Waals surface area contributed by atoms with Crippen LogP contribution in [0.3, 0.4) is 0 Å². The first kappa shape index (κ1) is 22.7. The average Bonchev–Trinajstić information content (AvgIpc) is 3.22. The van der Waals surface area contributed by atoms with Crippen molar-refractivity contribution in [2.24, 2.45) is 11.8 Å². The van der Waals surface area contributed by atoms with Crippen LogP contribution in [-0.4, -0.2) is 50.6 Å². The molecular weight excluding hydrogens is 392 g/mol. The van der Waals surface area contributed by atoms with Gasteiger partial charge in [-0.2, -0.15) is 0 Å². The average molecular weight is 425 g/mol. The van der Waals surface area contributed by atoms with Gasteiger partial charge in [0, 0.05) is 42.7 Å². The Hall–Kier alpha value is -3.02. The summed E-state index contributed by atoms with van der Waals surface area (Å²) in [5.41, 5.74) is 2.51. The lowest BCUT2D eigenvalue weighted by Crippen LogP contribution is -2.37. The van der Waals surface area contributed by atoms with Crippen molar-refractivity contribution in [3.05, 3.63) is 59.2 Å². The zero-order chi connectivity index (χ0) is 22.5. The van der Waals surface area contributed by atoms with Gasteiger partial charge >= 0.3 is 0 Å². The molecule has 0 spiro atoms. The van der Waals surface area contributed by atoms with Crippen molar-refractivity contribution in [1.82, 2.24) is 10.2 Å². The van der Waals surface area contributed by atoms with Crippen LogP contribution in [-0.2, 0) is 4.79 Å². The molecule has 0 radical (unpaired) electrons. The molecule has 31 heavy (non-hydrogen) atoms. The summed E-state index contributed by atoms with van der Waals surface area (Å²) in [4.78, 5) is 28.2. The summed E-state index contributed by atoms with van der Waals surface area (Å²) in [7, 11) is 3.21. The van der Waals surface area contributed by atoms with Crippen LogP contribution in [0.5, 0.6) is 11.5 Å². The number of likely N-dealkylation sites (tertiary alicyclic amines) is 1. The molecule has 2 atom stereocenters. The minimum Gasteiger partial charge on any atom is -0.497 e. The first-order valence-electron chi connectivity index (χ1n) is 10.7. The number of hydrogen-bond acceptors (Lipinski definition) is 4. The van der Waals surface area contributed by atoms with Crippen LogP contribution in [0.4, 0.5) is 0 Å². The number of benzene rings is 2. The summed E-state index contributed by atoms with van der Waals surface area (Å²) < 4.78 is 10.9. The molecule has 1 fully saturated rings. The van der Waals surface area contributed by atoms with Gasteiger partial charge in [0.05, 0.1) is 20.1 Å². The third-order valence-electron chi connectivity index (χ3n) is 5.84. The zero-order valence-electron chi connectivity index (χ0n) is 19.0. The van der Waals surface area contributed by atoms with E-state index < -0.39 is 0 Å². The molecule has 2 aromatic carbocycles. The van der Waals surface area contributed by atoms with Crippen LogP contribution in [0.15, 0.2) is 42.5 Å². The number of aryl methyl sites for hydroxylation is 1. The Balaban J connectivity index is 1.93. The fourth-order valence-corrected chi connectivity index (χ4v) is 4.09. The topological polar surface area (TPSA) is 67.9 Å². The highest BCUT2D eigenvalue weighted by atomic mass is 16.5. The van der Waals surface area contributed by atoms with E-state index in [9.17, 15) is 9.59 Å². The van der Waals surface area contributed by atoms with Gasteiger partial charge in [0.2, 0.25) is 5.91 Å². The molecule has 166 valence electrons. The first-order valence-corrected chi connectivity index (χ1v) is 10.7. The minimum absolute atomic E-state index is 0.0309. The SMILES string of the molecule is COc1ccc([C@@H]2CN(C(=O)c3ccccc3C)C[C@@H]2C(=O)NCC(C)C)c(OC)c1. The van der Waals surface area contributed by atoms with Crippen molar-refractivity contribution in [1.29, 1.82) is 0 Å². The van der Waals surface area contributed by atoms with Gasteiger partial charge in [-0.15, -0.1) is 0 Å². The highest BCUT2D eigenvalue weighted by Crippen LogP contribution is 2.39. The fourth-order valence-electron chi connectivity index (χ4n) is 4.09. The van der Waals surface area contributed by atoms with Crippen LogP contribution >= 0.6 is 0 Å². The van der Waals surface area contributed by atoms with Gasteiger partial charge in [-0.05, 0) is 30.5 Å². The molecule has 1 N–H and O–H groups in total. The molecule has 0 unspecified atom stereocenters. The van der Waals surface area contributed by atoms with Crippen LogP contribution in [0.25, 0.3) is 0 Å². The molecule has 2 amide bonds. The summed E-state index contributed by atoms with van der Waals surface area (Å²) >= 11 is 0. The van der Waals surface area contributed by atoms with E-state index in [-0.39, 0.29) is 23.7 Å². The number of carbonyl (C=O) groups excluding carboxylic acids is 2. The van der Waals surface area contributed by atoms with Crippen LogP contribution in [0, 0.1) is 18.8 Å². The summed E-state index contributed by atoms with van der Waals surface area (Å²) in [6.45, 7) is 7.49. The number of hydrogen-bond donors (Lipinski definition) is 1. The van der Waals surface area contributed by atoms with E-state index in [0.717, 1.165) is 11.1 Å². The van der Waals surface area contributed by atoms with Gasteiger partial charge in [0.15, 0.2) is 0 Å². The van der Waals surface area contributed by atoms with Gasteiger partial charge in [-0.1, -0.05) is 38.1 Å². The Morgan fingerprint density at radius 2 is 1.84 bits per heavy atom. The predicted molar refractivity (Wildman–Crippen MR) is 121 cm³/mol. The van der Waals surface area contributed by atoms with E-state index in [4.69, 9.17) is 9.47 Å². The number of nitrogens with one attached hydrogen (secondary N) is 1. The van der Waals surface area contributed by atoms with E-state index in [1.54, 1.807) is 19.1 Å². The van der Waals surface area contributed by atoms with Gasteiger partial charge in [0.25, 0.3) is 5.91 Å². The molecule has 0 aliphatic carbocycles. The molecule has 0 aromatic heterocycles. The summed E-state index contributed by atoms with van der Waals surface area (Å²) in [5.74, 6) is 1.11.